The molecule has 0 saturated heterocycles. The van der Waals surface area contributed by atoms with Crippen LogP contribution in [0.4, 0.5) is 11.4 Å². The summed E-state index contributed by atoms with van der Waals surface area (Å²) in [5.74, 6) is -0.658. The summed E-state index contributed by atoms with van der Waals surface area (Å²) in [6, 6.07) is 18.8. The number of hydrogen-bond donors (Lipinski definition) is 2. The average molecular weight is 544 g/mol. The monoisotopic (exact) mass is 543 g/mol. The number of para-hydroxylation sites is 3. The molecule has 0 spiro atoms. The number of halogens is 1. The zero-order chi connectivity index (χ0) is 27.0. The predicted octanol–water partition coefficient (Wildman–Crippen LogP) is 5.10. The van der Waals surface area contributed by atoms with Crippen LogP contribution < -0.4 is 19.7 Å². The number of nitrogens with one attached hydrogen (secondary N) is 2. The van der Waals surface area contributed by atoms with Gasteiger partial charge in [0.25, 0.3) is 15.9 Å². The maximum absolute atomic E-state index is 13.7. The summed E-state index contributed by atoms with van der Waals surface area (Å²) in [5.41, 5.74) is 0.755. The van der Waals surface area contributed by atoms with Gasteiger partial charge in [0.1, 0.15) is 12.3 Å². The van der Waals surface area contributed by atoms with E-state index in [2.05, 4.69) is 10.6 Å². The highest BCUT2D eigenvalue weighted by molar-refractivity contribution is 7.92. The summed E-state index contributed by atoms with van der Waals surface area (Å²) in [4.78, 5) is 26.0. The number of carbonyl (C=O) groups is 2. The lowest BCUT2D eigenvalue weighted by Crippen LogP contribution is -2.39. The van der Waals surface area contributed by atoms with Crippen molar-refractivity contribution >= 4 is 44.8 Å². The van der Waals surface area contributed by atoms with Gasteiger partial charge in [-0.1, -0.05) is 42.8 Å². The molecule has 0 unspecified atom stereocenters. The average Bonchev–Trinajstić information content (AvgIpc) is 2.88. The SMILES string of the molecule is CCOc1ccccc1N(CC(=O)Nc1ccccc1C(=O)N[C@H](C)CC)S(=O)(=O)c1ccc(Cl)cc1. The van der Waals surface area contributed by atoms with Crippen molar-refractivity contribution in [1.82, 2.24) is 5.32 Å². The van der Waals surface area contributed by atoms with Crippen molar-refractivity contribution in [1.29, 1.82) is 0 Å². The lowest BCUT2D eigenvalue weighted by molar-refractivity contribution is -0.114. The van der Waals surface area contributed by atoms with E-state index in [-0.39, 0.29) is 33.8 Å². The largest absolute Gasteiger partial charge is 0.492 e. The maximum Gasteiger partial charge on any atom is 0.264 e. The van der Waals surface area contributed by atoms with E-state index in [1.165, 1.54) is 24.3 Å². The zero-order valence-corrected chi connectivity index (χ0v) is 22.5. The number of ether oxygens (including phenoxy) is 1. The van der Waals surface area contributed by atoms with E-state index in [0.717, 1.165) is 10.7 Å². The molecule has 3 aromatic carbocycles. The third-order valence-corrected chi connectivity index (χ3v) is 7.58. The second kappa shape index (κ2) is 12.6. The Morgan fingerprint density at radius 2 is 1.62 bits per heavy atom. The molecular formula is C27H30ClN3O5S. The van der Waals surface area contributed by atoms with Gasteiger partial charge in [0.15, 0.2) is 0 Å². The fourth-order valence-electron chi connectivity index (χ4n) is 3.49. The molecule has 8 nitrogen and oxygen atoms in total. The molecule has 2 amide bonds. The van der Waals surface area contributed by atoms with Gasteiger partial charge in [0.05, 0.1) is 28.4 Å². The first-order valence-corrected chi connectivity index (χ1v) is 13.7. The highest BCUT2D eigenvalue weighted by Crippen LogP contribution is 2.33. The van der Waals surface area contributed by atoms with Gasteiger partial charge in [-0.05, 0) is 68.8 Å². The van der Waals surface area contributed by atoms with Crippen LogP contribution in [0.15, 0.2) is 77.7 Å². The summed E-state index contributed by atoms with van der Waals surface area (Å²) in [6.07, 6.45) is 0.747. The Labute approximate surface area is 222 Å². The van der Waals surface area contributed by atoms with E-state index in [4.69, 9.17) is 16.3 Å². The van der Waals surface area contributed by atoms with E-state index in [1.807, 2.05) is 13.8 Å². The minimum atomic E-state index is -4.19. The van der Waals surface area contributed by atoms with Crippen molar-refractivity contribution < 1.29 is 22.7 Å². The number of benzene rings is 3. The Hall–Kier alpha value is -3.56. The topological polar surface area (TPSA) is 105 Å². The van der Waals surface area contributed by atoms with Crippen LogP contribution in [0.3, 0.4) is 0 Å². The summed E-state index contributed by atoms with van der Waals surface area (Å²) < 4.78 is 34.0. The molecule has 1 atom stereocenters. The van der Waals surface area contributed by atoms with Gasteiger partial charge in [0, 0.05) is 11.1 Å². The highest BCUT2D eigenvalue weighted by atomic mass is 35.5. The molecule has 0 bridgehead atoms. The second-order valence-electron chi connectivity index (χ2n) is 8.24. The molecule has 37 heavy (non-hydrogen) atoms. The van der Waals surface area contributed by atoms with Crippen LogP contribution in [0.5, 0.6) is 5.75 Å². The molecule has 0 aliphatic rings. The lowest BCUT2D eigenvalue weighted by atomic mass is 10.1. The first kappa shape index (κ1) is 28.0. The number of rotatable bonds is 11. The summed E-state index contributed by atoms with van der Waals surface area (Å²) >= 11 is 5.96. The van der Waals surface area contributed by atoms with Crippen LogP contribution in [0.1, 0.15) is 37.6 Å². The van der Waals surface area contributed by atoms with Crippen molar-refractivity contribution in [2.75, 3.05) is 22.8 Å². The van der Waals surface area contributed by atoms with Crippen LogP contribution in [0.25, 0.3) is 0 Å². The van der Waals surface area contributed by atoms with E-state index >= 15 is 0 Å². The van der Waals surface area contributed by atoms with Gasteiger partial charge < -0.3 is 15.4 Å². The molecule has 0 saturated carbocycles. The molecule has 2 N–H and O–H groups in total. The zero-order valence-electron chi connectivity index (χ0n) is 20.9. The normalized spacial score (nSPS) is 11.9. The minimum Gasteiger partial charge on any atom is -0.492 e. The molecule has 10 heteroatoms. The first-order chi connectivity index (χ1) is 17.7. The Balaban J connectivity index is 1.97. The smallest absolute Gasteiger partial charge is 0.264 e. The number of carbonyl (C=O) groups excluding carboxylic acids is 2. The lowest BCUT2D eigenvalue weighted by Gasteiger charge is -2.26. The molecule has 0 aliphatic heterocycles. The van der Waals surface area contributed by atoms with Gasteiger partial charge in [-0.25, -0.2) is 8.42 Å². The number of nitrogens with zero attached hydrogens (tertiary/aromatic N) is 1. The van der Waals surface area contributed by atoms with E-state index in [1.54, 1.807) is 55.5 Å². The van der Waals surface area contributed by atoms with E-state index < -0.39 is 22.5 Å². The Morgan fingerprint density at radius 1 is 0.973 bits per heavy atom. The fourth-order valence-corrected chi connectivity index (χ4v) is 5.05. The van der Waals surface area contributed by atoms with Gasteiger partial charge in [-0.15, -0.1) is 0 Å². The molecule has 3 aromatic rings. The van der Waals surface area contributed by atoms with Crippen LogP contribution in [-0.4, -0.2) is 39.4 Å². The van der Waals surface area contributed by atoms with Crippen LogP contribution in [0.2, 0.25) is 5.02 Å². The van der Waals surface area contributed by atoms with Crippen LogP contribution in [0, 0.1) is 0 Å². The quantitative estimate of drug-likeness (QED) is 0.350. The third kappa shape index (κ3) is 7.02. The minimum absolute atomic E-state index is 0.0377. The number of hydrogen-bond acceptors (Lipinski definition) is 5. The maximum atomic E-state index is 13.7. The number of sulfonamides is 1. The molecule has 196 valence electrons. The van der Waals surface area contributed by atoms with E-state index in [9.17, 15) is 18.0 Å². The molecule has 0 fully saturated rings. The molecule has 0 aromatic heterocycles. The highest BCUT2D eigenvalue weighted by Gasteiger charge is 2.30. The van der Waals surface area contributed by atoms with Gasteiger partial charge in [0.2, 0.25) is 5.91 Å². The Morgan fingerprint density at radius 3 is 2.30 bits per heavy atom. The Kier molecular flexibility index (Phi) is 9.54. The molecule has 0 heterocycles. The van der Waals surface area contributed by atoms with E-state index in [0.29, 0.717) is 17.4 Å². The molecule has 0 aliphatic carbocycles. The summed E-state index contributed by atoms with van der Waals surface area (Å²) in [7, 11) is -4.19. The Bertz CT molecular complexity index is 1350. The van der Waals surface area contributed by atoms with Crippen molar-refractivity contribution in [2.45, 2.75) is 38.1 Å². The van der Waals surface area contributed by atoms with Crippen LogP contribution in [-0.2, 0) is 14.8 Å². The first-order valence-electron chi connectivity index (χ1n) is 11.9. The predicted molar refractivity (Wildman–Crippen MR) is 146 cm³/mol. The van der Waals surface area contributed by atoms with Crippen molar-refractivity contribution in [2.24, 2.45) is 0 Å². The summed E-state index contributed by atoms with van der Waals surface area (Å²) in [5, 5.41) is 5.95. The molecule has 3 rings (SSSR count). The molecule has 0 radical (unpaired) electrons. The summed E-state index contributed by atoms with van der Waals surface area (Å²) in [6.45, 7) is 5.36. The van der Waals surface area contributed by atoms with Crippen molar-refractivity contribution in [3.8, 4) is 5.75 Å². The third-order valence-electron chi connectivity index (χ3n) is 5.56. The van der Waals surface area contributed by atoms with Crippen LogP contribution >= 0.6 is 11.6 Å². The van der Waals surface area contributed by atoms with Crippen molar-refractivity contribution in [3.63, 3.8) is 0 Å². The standard InChI is InChI=1S/C27H30ClN3O5S/c1-4-19(3)29-27(33)22-10-6-7-11-23(22)30-26(32)18-31(24-12-8-9-13-25(24)36-5-2)37(34,35)21-16-14-20(28)15-17-21/h6-17,19H,4-5,18H2,1-3H3,(H,29,33)(H,30,32)/t19-/m1/s1. The van der Waals surface area contributed by atoms with Gasteiger partial charge in [-0.3, -0.25) is 13.9 Å². The number of amides is 2. The molecular weight excluding hydrogens is 514 g/mol. The van der Waals surface area contributed by atoms with Crippen molar-refractivity contribution in [3.05, 3.63) is 83.4 Å². The number of anilines is 2. The van der Waals surface area contributed by atoms with Gasteiger partial charge in [-0.2, -0.15) is 0 Å². The fraction of sp³-hybridized carbons (Fsp3) is 0.259. The van der Waals surface area contributed by atoms with Gasteiger partial charge >= 0.3 is 0 Å². The second-order valence-corrected chi connectivity index (χ2v) is 10.5.